The molecule has 0 radical (unpaired) electrons. The second-order valence-corrected chi connectivity index (χ2v) is 5.50. The summed E-state index contributed by atoms with van der Waals surface area (Å²) < 4.78 is 1.42. The number of hydrogen-bond donors (Lipinski definition) is 1. The normalized spacial score (nSPS) is 10.8. The zero-order valence-electron chi connectivity index (χ0n) is 11.1. The first-order valence-corrected chi connectivity index (χ1v) is 7.38. The van der Waals surface area contributed by atoms with Crippen LogP contribution in [0.4, 0.5) is 5.95 Å². The average molecular weight is 323 g/mol. The minimum Gasteiger partial charge on any atom is -0.354 e. The van der Waals surface area contributed by atoms with Crippen molar-refractivity contribution < 1.29 is 0 Å². The highest BCUT2D eigenvalue weighted by Gasteiger charge is 2.07. The predicted octanol–water partition coefficient (Wildman–Crippen LogP) is 1.53. The Labute approximate surface area is 129 Å². The molecular formula is C11H11ClN8S. The summed E-state index contributed by atoms with van der Waals surface area (Å²) in [6.45, 7) is 2.64. The van der Waals surface area contributed by atoms with Crippen LogP contribution in [-0.4, -0.2) is 41.2 Å². The van der Waals surface area contributed by atoms with E-state index in [1.54, 1.807) is 11.3 Å². The fourth-order valence-electron chi connectivity index (χ4n) is 1.66. The van der Waals surface area contributed by atoms with Gasteiger partial charge in [-0.3, -0.25) is 0 Å². The summed E-state index contributed by atoms with van der Waals surface area (Å²) >= 11 is 7.53. The molecule has 0 aliphatic rings. The molecule has 0 saturated carbocycles. The fourth-order valence-corrected chi connectivity index (χ4v) is 2.46. The topological polar surface area (TPSA) is 94.3 Å². The monoisotopic (exact) mass is 322 g/mol. The van der Waals surface area contributed by atoms with Gasteiger partial charge < -0.3 is 5.32 Å². The lowest BCUT2D eigenvalue weighted by Crippen LogP contribution is -2.11. The molecule has 0 bridgehead atoms. The van der Waals surface area contributed by atoms with E-state index in [1.807, 2.05) is 12.3 Å². The molecule has 3 aromatic rings. The van der Waals surface area contributed by atoms with Crippen molar-refractivity contribution in [3.05, 3.63) is 34.0 Å². The molecule has 8 nitrogen and oxygen atoms in total. The third-order valence-electron chi connectivity index (χ3n) is 2.55. The highest BCUT2D eigenvalue weighted by molar-refractivity contribution is 7.09. The Balaban J connectivity index is 1.68. The van der Waals surface area contributed by atoms with E-state index in [0.717, 1.165) is 17.1 Å². The SMILES string of the molecule is Cc1nc(CCNc2nc(Cl)nc(-n3cncn3)n2)cs1. The number of aryl methyl sites for hydroxylation is 1. The van der Waals surface area contributed by atoms with E-state index in [1.165, 1.54) is 17.3 Å². The summed E-state index contributed by atoms with van der Waals surface area (Å²) in [5, 5.41) is 10.3. The van der Waals surface area contributed by atoms with Gasteiger partial charge in [0.05, 0.1) is 10.7 Å². The maximum Gasteiger partial charge on any atom is 0.258 e. The lowest BCUT2D eigenvalue weighted by Gasteiger charge is -2.05. The zero-order valence-corrected chi connectivity index (χ0v) is 12.6. The quantitative estimate of drug-likeness (QED) is 0.761. The number of anilines is 1. The van der Waals surface area contributed by atoms with Crippen LogP contribution in [0.15, 0.2) is 18.0 Å². The third kappa shape index (κ3) is 3.50. The number of halogens is 1. The number of rotatable bonds is 5. The van der Waals surface area contributed by atoms with Gasteiger partial charge in [0.1, 0.15) is 12.7 Å². The van der Waals surface area contributed by atoms with Crippen LogP contribution >= 0.6 is 22.9 Å². The molecule has 3 rings (SSSR count). The van der Waals surface area contributed by atoms with Crippen molar-refractivity contribution in [2.75, 3.05) is 11.9 Å². The molecule has 0 aromatic carbocycles. The van der Waals surface area contributed by atoms with Gasteiger partial charge >= 0.3 is 0 Å². The summed E-state index contributed by atoms with van der Waals surface area (Å²) in [4.78, 5) is 20.5. The third-order valence-corrected chi connectivity index (χ3v) is 3.54. The van der Waals surface area contributed by atoms with E-state index in [-0.39, 0.29) is 5.28 Å². The van der Waals surface area contributed by atoms with Gasteiger partial charge in [-0.2, -0.15) is 24.7 Å². The van der Waals surface area contributed by atoms with Gasteiger partial charge in [-0.1, -0.05) is 0 Å². The summed E-state index contributed by atoms with van der Waals surface area (Å²) in [6, 6.07) is 0. The van der Waals surface area contributed by atoms with Crippen molar-refractivity contribution in [3.63, 3.8) is 0 Å². The van der Waals surface area contributed by atoms with Gasteiger partial charge in [0.2, 0.25) is 11.2 Å². The highest BCUT2D eigenvalue weighted by atomic mass is 35.5. The van der Waals surface area contributed by atoms with Gasteiger partial charge in [-0.05, 0) is 18.5 Å². The van der Waals surface area contributed by atoms with Crippen molar-refractivity contribution in [3.8, 4) is 5.95 Å². The average Bonchev–Trinajstić information content (AvgIpc) is 3.10. The van der Waals surface area contributed by atoms with E-state index in [0.29, 0.717) is 18.4 Å². The number of aromatic nitrogens is 7. The lowest BCUT2D eigenvalue weighted by atomic mass is 10.3. The van der Waals surface area contributed by atoms with Crippen molar-refractivity contribution >= 4 is 28.9 Å². The Kier molecular flexibility index (Phi) is 4.02. The number of thiazole rings is 1. The molecule has 0 unspecified atom stereocenters. The molecule has 3 heterocycles. The molecule has 0 spiro atoms. The zero-order chi connectivity index (χ0) is 14.7. The second kappa shape index (κ2) is 6.10. The molecule has 0 amide bonds. The summed E-state index contributed by atoms with van der Waals surface area (Å²) in [7, 11) is 0. The van der Waals surface area contributed by atoms with Crippen molar-refractivity contribution in [2.45, 2.75) is 13.3 Å². The van der Waals surface area contributed by atoms with Crippen LogP contribution in [0.1, 0.15) is 10.7 Å². The van der Waals surface area contributed by atoms with E-state index in [9.17, 15) is 0 Å². The van der Waals surface area contributed by atoms with E-state index in [4.69, 9.17) is 11.6 Å². The molecule has 10 heteroatoms. The van der Waals surface area contributed by atoms with Gasteiger partial charge in [0, 0.05) is 18.3 Å². The van der Waals surface area contributed by atoms with Crippen LogP contribution in [0.3, 0.4) is 0 Å². The molecule has 0 aliphatic carbocycles. The molecule has 0 saturated heterocycles. The van der Waals surface area contributed by atoms with Gasteiger partial charge in [0.15, 0.2) is 0 Å². The van der Waals surface area contributed by atoms with E-state index < -0.39 is 0 Å². The van der Waals surface area contributed by atoms with E-state index >= 15 is 0 Å². The maximum absolute atomic E-state index is 5.89. The van der Waals surface area contributed by atoms with E-state index in [2.05, 4.69) is 35.3 Å². The smallest absolute Gasteiger partial charge is 0.258 e. The van der Waals surface area contributed by atoms with Crippen LogP contribution in [0, 0.1) is 6.92 Å². The molecule has 3 aromatic heterocycles. The molecular weight excluding hydrogens is 312 g/mol. The highest BCUT2D eigenvalue weighted by Crippen LogP contribution is 2.10. The molecule has 0 fully saturated rings. The number of nitrogens with zero attached hydrogens (tertiary/aromatic N) is 7. The van der Waals surface area contributed by atoms with Gasteiger partial charge in [0.25, 0.3) is 5.95 Å². The second-order valence-electron chi connectivity index (χ2n) is 4.10. The fraction of sp³-hybridized carbons (Fsp3) is 0.273. The van der Waals surface area contributed by atoms with Crippen LogP contribution in [0.25, 0.3) is 5.95 Å². The molecule has 21 heavy (non-hydrogen) atoms. The Morgan fingerprint density at radius 2 is 2.19 bits per heavy atom. The first kappa shape index (κ1) is 13.8. The molecule has 108 valence electrons. The molecule has 1 N–H and O–H groups in total. The largest absolute Gasteiger partial charge is 0.354 e. The van der Waals surface area contributed by atoms with Crippen LogP contribution in [0.2, 0.25) is 5.28 Å². The van der Waals surface area contributed by atoms with Crippen molar-refractivity contribution in [2.24, 2.45) is 0 Å². The molecule has 0 atom stereocenters. The van der Waals surface area contributed by atoms with Gasteiger partial charge in [-0.25, -0.2) is 9.97 Å². The summed E-state index contributed by atoms with van der Waals surface area (Å²) in [5.74, 6) is 0.715. The molecule has 0 aliphatic heterocycles. The standard InChI is InChI=1S/C11H11ClN8S/c1-7-16-8(4-21-7)2-3-14-10-17-9(12)18-11(19-10)20-6-13-5-15-20/h4-6H,2-3H2,1H3,(H,14,17,18,19). The first-order chi connectivity index (χ1) is 10.2. The first-order valence-electron chi connectivity index (χ1n) is 6.12. The van der Waals surface area contributed by atoms with Crippen LogP contribution in [0.5, 0.6) is 0 Å². The predicted molar refractivity (Wildman–Crippen MR) is 78.8 cm³/mol. The summed E-state index contributed by atoms with van der Waals surface area (Å²) in [6.07, 6.45) is 3.68. The Morgan fingerprint density at radius 3 is 2.90 bits per heavy atom. The minimum atomic E-state index is 0.0995. The number of nitrogens with one attached hydrogen (secondary N) is 1. The maximum atomic E-state index is 5.89. The van der Waals surface area contributed by atoms with Crippen molar-refractivity contribution in [1.29, 1.82) is 0 Å². The van der Waals surface area contributed by atoms with Gasteiger partial charge in [-0.15, -0.1) is 11.3 Å². The summed E-state index contributed by atoms with van der Waals surface area (Å²) in [5.41, 5.74) is 1.04. The van der Waals surface area contributed by atoms with Crippen LogP contribution < -0.4 is 5.32 Å². The van der Waals surface area contributed by atoms with Crippen molar-refractivity contribution in [1.82, 2.24) is 34.7 Å². The lowest BCUT2D eigenvalue weighted by molar-refractivity contribution is 0.792. The Bertz CT molecular complexity index is 726. The minimum absolute atomic E-state index is 0.0995. The van der Waals surface area contributed by atoms with Crippen LogP contribution in [-0.2, 0) is 6.42 Å². The Hall–Kier alpha value is -2.13. The Morgan fingerprint density at radius 1 is 1.29 bits per heavy atom. The number of hydrogen-bond acceptors (Lipinski definition) is 8.